The predicted molar refractivity (Wildman–Crippen MR) is 82.7 cm³/mol. The van der Waals surface area contributed by atoms with E-state index in [1.54, 1.807) is 16.8 Å². The number of hydrogen-bond donors (Lipinski definition) is 1. The van der Waals surface area contributed by atoms with Gasteiger partial charge in [-0.05, 0) is 51.3 Å². The van der Waals surface area contributed by atoms with Gasteiger partial charge in [-0.25, -0.2) is 4.79 Å². The highest BCUT2D eigenvalue weighted by Crippen LogP contribution is 2.36. The predicted octanol–water partition coefficient (Wildman–Crippen LogP) is 3.54. The first-order valence-electron chi connectivity index (χ1n) is 6.59. The van der Waals surface area contributed by atoms with Gasteiger partial charge in [-0.15, -0.1) is 5.10 Å². The molecule has 1 heterocycles. The van der Waals surface area contributed by atoms with Crippen LogP contribution in [0.5, 0.6) is 0 Å². The van der Waals surface area contributed by atoms with Gasteiger partial charge in [-0.3, -0.25) is 0 Å². The molecule has 1 aliphatic carbocycles. The monoisotopic (exact) mass is 414 g/mol. The highest BCUT2D eigenvalue weighted by atomic mass is 79.9. The Morgan fingerprint density at radius 3 is 2.67 bits per heavy atom. The number of nitrogens with zero attached hydrogens (tertiary/aromatic N) is 4. The quantitative estimate of drug-likeness (QED) is 0.828. The summed E-state index contributed by atoms with van der Waals surface area (Å²) >= 11 is 6.73. The molecular formula is C13H12Br2N4O2. The van der Waals surface area contributed by atoms with Gasteiger partial charge in [0.1, 0.15) is 0 Å². The first-order chi connectivity index (χ1) is 10.1. The fourth-order valence-electron chi connectivity index (χ4n) is 2.74. The van der Waals surface area contributed by atoms with Gasteiger partial charge in [0.25, 0.3) is 0 Å². The number of hydrogen-bond acceptors (Lipinski definition) is 4. The summed E-state index contributed by atoms with van der Waals surface area (Å²) in [5, 5.41) is 21.3. The highest BCUT2D eigenvalue weighted by molar-refractivity contribution is 9.11. The second-order valence-electron chi connectivity index (χ2n) is 5.02. The van der Waals surface area contributed by atoms with Crippen molar-refractivity contribution in [2.75, 3.05) is 0 Å². The first kappa shape index (κ1) is 14.6. The topological polar surface area (TPSA) is 80.9 Å². The maximum absolute atomic E-state index is 11.5. The second kappa shape index (κ2) is 5.84. The molecule has 1 aromatic carbocycles. The lowest BCUT2D eigenvalue weighted by Crippen LogP contribution is -2.12. The van der Waals surface area contributed by atoms with Crippen LogP contribution in [-0.2, 0) is 0 Å². The smallest absolute Gasteiger partial charge is 0.337 e. The lowest BCUT2D eigenvalue weighted by molar-refractivity contribution is 0.0696. The molecule has 110 valence electrons. The number of tetrazole rings is 1. The molecule has 1 aliphatic rings. The van der Waals surface area contributed by atoms with E-state index >= 15 is 0 Å². The number of benzene rings is 1. The van der Waals surface area contributed by atoms with E-state index in [2.05, 4.69) is 47.4 Å². The molecule has 21 heavy (non-hydrogen) atoms. The van der Waals surface area contributed by atoms with Gasteiger partial charge >= 0.3 is 5.97 Å². The normalized spacial score (nSPS) is 15.5. The Labute approximate surface area is 137 Å². The van der Waals surface area contributed by atoms with Crippen LogP contribution in [0.1, 0.15) is 47.8 Å². The number of aromatic carboxylic acids is 1. The zero-order valence-electron chi connectivity index (χ0n) is 11.0. The number of carbonyl (C=O) groups is 1. The van der Waals surface area contributed by atoms with E-state index in [1.807, 2.05) is 0 Å². The summed E-state index contributed by atoms with van der Waals surface area (Å²) in [6.45, 7) is 0. The molecule has 1 fully saturated rings. The largest absolute Gasteiger partial charge is 0.478 e. The molecule has 0 unspecified atom stereocenters. The van der Waals surface area contributed by atoms with Gasteiger partial charge in [0.2, 0.25) is 0 Å². The number of halogens is 2. The lowest BCUT2D eigenvalue weighted by Gasteiger charge is -2.13. The number of carboxylic acid groups (broad SMARTS) is 1. The maximum Gasteiger partial charge on any atom is 0.337 e. The average Bonchev–Trinajstić information content (AvgIpc) is 3.07. The van der Waals surface area contributed by atoms with E-state index in [0.29, 0.717) is 14.6 Å². The summed E-state index contributed by atoms with van der Waals surface area (Å²) in [6, 6.07) is 3.35. The summed E-state index contributed by atoms with van der Waals surface area (Å²) in [5.41, 5.74) is 0.625. The van der Waals surface area contributed by atoms with E-state index in [4.69, 9.17) is 0 Å². The fraction of sp³-hybridized carbons (Fsp3) is 0.385. The van der Waals surface area contributed by atoms with Crippen LogP contribution < -0.4 is 0 Å². The highest BCUT2D eigenvalue weighted by Gasteiger charge is 2.27. The van der Waals surface area contributed by atoms with Crippen molar-refractivity contribution in [1.29, 1.82) is 0 Å². The summed E-state index contributed by atoms with van der Waals surface area (Å²) in [4.78, 5) is 11.5. The molecule has 0 amide bonds. The Bertz CT molecular complexity index is 695. The van der Waals surface area contributed by atoms with Crippen molar-refractivity contribution in [3.05, 3.63) is 32.5 Å². The third-order valence-electron chi connectivity index (χ3n) is 3.68. The third kappa shape index (κ3) is 2.74. The van der Waals surface area contributed by atoms with Crippen molar-refractivity contribution < 1.29 is 9.90 Å². The molecule has 2 aromatic rings. The van der Waals surface area contributed by atoms with Crippen LogP contribution in [0.15, 0.2) is 21.1 Å². The van der Waals surface area contributed by atoms with E-state index in [9.17, 15) is 9.90 Å². The molecule has 0 radical (unpaired) electrons. The van der Waals surface area contributed by atoms with E-state index < -0.39 is 5.97 Å². The Morgan fingerprint density at radius 2 is 2.00 bits per heavy atom. The molecule has 1 saturated carbocycles. The summed E-state index contributed by atoms with van der Waals surface area (Å²) < 4.78 is 2.88. The van der Waals surface area contributed by atoms with E-state index in [1.165, 1.54) is 0 Å². The SMILES string of the molecule is O=C(O)c1cc(Br)cc(Br)c1-n1nnnc1C1CCCC1. The molecule has 8 heteroatoms. The molecule has 0 aliphatic heterocycles. The summed E-state index contributed by atoms with van der Waals surface area (Å²) in [6.07, 6.45) is 4.39. The van der Waals surface area contributed by atoms with Gasteiger partial charge in [0.15, 0.2) is 5.82 Å². The number of carboxylic acids is 1. The Kier molecular flexibility index (Phi) is 4.08. The van der Waals surface area contributed by atoms with Crippen LogP contribution in [0, 0.1) is 0 Å². The minimum Gasteiger partial charge on any atom is -0.478 e. The second-order valence-corrected chi connectivity index (χ2v) is 6.79. The average molecular weight is 416 g/mol. The van der Waals surface area contributed by atoms with Crippen molar-refractivity contribution in [2.45, 2.75) is 31.6 Å². The van der Waals surface area contributed by atoms with Crippen molar-refractivity contribution in [2.24, 2.45) is 0 Å². The molecule has 6 nitrogen and oxygen atoms in total. The lowest BCUT2D eigenvalue weighted by atomic mass is 10.1. The van der Waals surface area contributed by atoms with Gasteiger partial charge in [0.05, 0.1) is 11.3 Å². The molecule has 0 saturated heterocycles. The molecule has 1 N–H and O–H groups in total. The van der Waals surface area contributed by atoms with Crippen LogP contribution in [-0.4, -0.2) is 31.3 Å². The molecular weight excluding hydrogens is 404 g/mol. The van der Waals surface area contributed by atoms with Gasteiger partial charge < -0.3 is 5.11 Å². The van der Waals surface area contributed by atoms with Crippen molar-refractivity contribution in [3.63, 3.8) is 0 Å². The van der Waals surface area contributed by atoms with E-state index in [0.717, 1.165) is 31.5 Å². The van der Waals surface area contributed by atoms with Crippen LogP contribution in [0.2, 0.25) is 0 Å². The van der Waals surface area contributed by atoms with Crippen LogP contribution in [0.25, 0.3) is 5.69 Å². The van der Waals surface area contributed by atoms with Crippen molar-refractivity contribution >= 4 is 37.8 Å². The third-order valence-corrected chi connectivity index (χ3v) is 4.75. The first-order valence-corrected chi connectivity index (χ1v) is 8.17. The molecule has 1 aromatic heterocycles. The van der Waals surface area contributed by atoms with Crippen LogP contribution in [0.4, 0.5) is 0 Å². The Balaban J connectivity index is 2.17. The van der Waals surface area contributed by atoms with Crippen LogP contribution >= 0.6 is 31.9 Å². The van der Waals surface area contributed by atoms with Crippen LogP contribution in [0.3, 0.4) is 0 Å². The molecule has 3 rings (SSSR count). The minimum atomic E-state index is -1.01. The Morgan fingerprint density at radius 1 is 1.29 bits per heavy atom. The van der Waals surface area contributed by atoms with Crippen molar-refractivity contribution in [1.82, 2.24) is 20.2 Å². The number of rotatable bonds is 3. The molecule has 0 bridgehead atoms. The molecule has 0 atom stereocenters. The summed E-state index contributed by atoms with van der Waals surface area (Å²) in [7, 11) is 0. The molecule has 0 spiro atoms. The van der Waals surface area contributed by atoms with Gasteiger partial charge in [0, 0.05) is 14.9 Å². The standard InChI is InChI=1S/C13H12Br2N4O2/c14-8-5-9(13(20)21)11(10(15)6-8)19-12(16-17-18-19)7-3-1-2-4-7/h5-7H,1-4H2,(H,20,21). The summed E-state index contributed by atoms with van der Waals surface area (Å²) in [5.74, 6) is 0.00934. The van der Waals surface area contributed by atoms with Crippen molar-refractivity contribution in [3.8, 4) is 5.69 Å². The Hall–Kier alpha value is -1.28. The number of aromatic nitrogens is 4. The van der Waals surface area contributed by atoms with Gasteiger partial charge in [-0.2, -0.15) is 4.68 Å². The minimum absolute atomic E-state index is 0.155. The maximum atomic E-state index is 11.5. The van der Waals surface area contributed by atoms with E-state index in [-0.39, 0.29) is 11.5 Å². The zero-order chi connectivity index (χ0) is 15.0. The fourth-order valence-corrected chi connectivity index (χ4v) is 4.13. The van der Waals surface area contributed by atoms with Gasteiger partial charge in [-0.1, -0.05) is 28.8 Å². The zero-order valence-corrected chi connectivity index (χ0v) is 14.1.